The number of urea groups is 1. The van der Waals surface area contributed by atoms with Gasteiger partial charge in [-0.15, -0.1) is 0 Å². The molecule has 2 atom stereocenters. The van der Waals surface area contributed by atoms with Gasteiger partial charge in [0.2, 0.25) is 5.91 Å². The minimum absolute atomic E-state index is 0.133. The highest BCUT2D eigenvalue weighted by Crippen LogP contribution is 2.28. The summed E-state index contributed by atoms with van der Waals surface area (Å²) in [5.41, 5.74) is 9.01. The summed E-state index contributed by atoms with van der Waals surface area (Å²) in [5, 5.41) is 7.16. The molecule has 1 aliphatic heterocycles. The van der Waals surface area contributed by atoms with Crippen LogP contribution >= 0.6 is 11.6 Å². The number of carbonyl (C=O) groups excluding carboxylic acids is 2. The number of ether oxygens (including phenoxy) is 1. The van der Waals surface area contributed by atoms with E-state index in [0.717, 1.165) is 5.56 Å². The molecule has 0 fully saturated rings. The molecule has 1 aromatic carbocycles. The number of halogens is 1. The maximum Gasteiger partial charge on any atom is 0.335 e. The first-order valence-electron chi connectivity index (χ1n) is 7.29. The summed E-state index contributed by atoms with van der Waals surface area (Å²) in [6.07, 6.45) is 0.456. The monoisotopic (exact) mass is 338 g/mol. The number of benzene rings is 1. The molecule has 1 aliphatic rings. The number of rotatable bonds is 6. The molecule has 1 aromatic rings. The van der Waals surface area contributed by atoms with Crippen molar-refractivity contribution in [1.82, 2.24) is 10.7 Å². The Kier molecular flexibility index (Phi) is 5.44. The highest BCUT2D eigenvalue weighted by Gasteiger charge is 2.21. The molecule has 0 aliphatic carbocycles. The first kappa shape index (κ1) is 17.1. The maximum atomic E-state index is 11.2. The van der Waals surface area contributed by atoms with Crippen LogP contribution in [0, 0.1) is 0 Å². The first-order chi connectivity index (χ1) is 10.9. The molecular formula is C15H19ClN4O3. The van der Waals surface area contributed by atoms with Gasteiger partial charge in [0.25, 0.3) is 0 Å². The van der Waals surface area contributed by atoms with Crippen LogP contribution in [0.4, 0.5) is 4.79 Å². The third-order valence-electron chi connectivity index (χ3n) is 3.44. The molecule has 0 saturated heterocycles. The number of hydrogen-bond donors (Lipinski definition) is 3. The topological polar surface area (TPSA) is 106 Å². The van der Waals surface area contributed by atoms with Gasteiger partial charge in [0.15, 0.2) is 0 Å². The Hall–Kier alpha value is -2.28. The van der Waals surface area contributed by atoms with Crippen molar-refractivity contribution in [2.45, 2.75) is 38.8 Å². The molecule has 0 bridgehead atoms. The van der Waals surface area contributed by atoms with Gasteiger partial charge in [-0.2, -0.15) is 5.10 Å². The highest BCUT2D eigenvalue weighted by atomic mass is 35.5. The lowest BCUT2D eigenvalue weighted by Crippen LogP contribution is -2.48. The van der Waals surface area contributed by atoms with Gasteiger partial charge in [-0.1, -0.05) is 18.5 Å². The quantitative estimate of drug-likeness (QED) is 0.736. The lowest BCUT2D eigenvalue weighted by Gasteiger charge is -2.22. The number of amides is 3. The third kappa shape index (κ3) is 4.35. The van der Waals surface area contributed by atoms with E-state index in [1.54, 1.807) is 18.2 Å². The number of nitrogens with one attached hydrogen (secondary N) is 2. The fourth-order valence-corrected chi connectivity index (χ4v) is 2.47. The molecule has 1 heterocycles. The summed E-state index contributed by atoms with van der Waals surface area (Å²) < 4.78 is 5.73. The minimum atomic E-state index is -0.420. The lowest BCUT2D eigenvalue weighted by molar-refractivity contribution is -0.119. The van der Waals surface area contributed by atoms with E-state index in [2.05, 4.69) is 15.8 Å². The van der Waals surface area contributed by atoms with Crippen molar-refractivity contribution in [3.8, 4) is 5.75 Å². The Morgan fingerprint density at radius 1 is 1.52 bits per heavy atom. The summed E-state index contributed by atoms with van der Waals surface area (Å²) in [6.45, 7) is 3.73. The smallest absolute Gasteiger partial charge is 0.335 e. The molecule has 23 heavy (non-hydrogen) atoms. The first-order valence-corrected chi connectivity index (χ1v) is 7.67. The van der Waals surface area contributed by atoms with Gasteiger partial charge in [-0.3, -0.25) is 4.79 Å². The zero-order chi connectivity index (χ0) is 17.0. The molecule has 124 valence electrons. The summed E-state index contributed by atoms with van der Waals surface area (Å²) >= 11 is 6.26. The second-order valence-electron chi connectivity index (χ2n) is 5.27. The summed E-state index contributed by atoms with van der Waals surface area (Å²) in [4.78, 5) is 22.2. The number of carbonyl (C=O) groups is 2. The van der Waals surface area contributed by atoms with Crippen molar-refractivity contribution in [2.24, 2.45) is 10.8 Å². The van der Waals surface area contributed by atoms with Crippen molar-refractivity contribution in [3.63, 3.8) is 0 Å². The van der Waals surface area contributed by atoms with E-state index in [0.29, 0.717) is 22.9 Å². The largest absolute Gasteiger partial charge is 0.488 e. The van der Waals surface area contributed by atoms with Gasteiger partial charge in [-0.25, -0.2) is 10.2 Å². The maximum absolute atomic E-state index is 11.2. The highest BCUT2D eigenvalue weighted by molar-refractivity contribution is 6.32. The lowest BCUT2D eigenvalue weighted by atomic mass is 10.0. The molecule has 7 nitrogen and oxygen atoms in total. The fraction of sp³-hybridized carbons (Fsp3) is 0.400. The number of hydrazone groups is 1. The van der Waals surface area contributed by atoms with E-state index >= 15 is 0 Å². The normalized spacial score (nSPS) is 18.5. The van der Waals surface area contributed by atoms with Crippen LogP contribution in [0.5, 0.6) is 5.75 Å². The van der Waals surface area contributed by atoms with Gasteiger partial charge in [0.05, 0.1) is 23.2 Å². The minimum Gasteiger partial charge on any atom is -0.488 e. The Bertz CT molecular complexity index is 648. The van der Waals surface area contributed by atoms with E-state index in [-0.39, 0.29) is 24.6 Å². The van der Waals surface area contributed by atoms with Crippen LogP contribution in [-0.4, -0.2) is 29.8 Å². The Morgan fingerprint density at radius 3 is 2.83 bits per heavy atom. The molecule has 2 rings (SSSR count). The SMILES string of the molecule is CCC(CC(N)=O)Oc1ccc(C2=NNC(=O)NC2C)cc1Cl. The van der Waals surface area contributed by atoms with Crippen LogP contribution in [0.2, 0.25) is 5.02 Å². The van der Waals surface area contributed by atoms with Gasteiger partial charge in [-0.05, 0) is 31.5 Å². The Morgan fingerprint density at radius 2 is 2.26 bits per heavy atom. The molecular weight excluding hydrogens is 320 g/mol. The molecule has 4 N–H and O–H groups in total. The summed E-state index contributed by atoms with van der Waals surface area (Å²) in [7, 11) is 0. The van der Waals surface area contributed by atoms with E-state index in [1.807, 2.05) is 13.8 Å². The van der Waals surface area contributed by atoms with E-state index in [4.69, 9.17) is 22.1 Å². The fourth-order valence-electron chi connectivity index (χ4n) is 2.25. The Labute approximate surface area is 139 Å². The average molecular weight is 339 g/mol. The van der Waals surface area contributed by atoms with Crippen LogP contribution in [-0.2, 0) is 4.79 Å². The summed E-state index contributed by atoms with van der Waals surface area (Å²) in [6, 6.07) is 4.65. The van der Waals surface area contributed by atoms with Gasteiger partial charge < -0.3 is 15.8 Å². The number of primary amides is 1. The predicted octanol–water partition coefficient (Wildman–Crippen LogP) is 1.78. The predicted molar refractivity (Wildman–Crippen MR) is 87.6 cm³/mol. The summed E-state index contributed by atoms with van der Waals surface area (Å²) in [5.74, 6) is 0.0568. The third-order valence-corrected chi connectivity index (χ3v) is 3.74. The number of hydrogen-bond acceptors (Lipinski definition) is 4. The van der Waals surface area contributed by atoms with Gasteiger partial charge in [0, 0.05) is 5.56 Å². The zero-order valence-corrected chi connectivity index (χ0v) is 13.7. The molecule has 2 unspecified atom stereocenters. The number of nitrogens with two attached hydrogens (primary N) is 1. The van der Waals surface area contributed by atoms with Crippen molar-refractivity contribution in [1.29, 1.82) is 0 Å². The number of nitrogens with zero attached hydrogens (tertiary/aromatic N) is 1. The zero-order valence-electron chi connectivity index (χ0n) is 12.9. The van der Waals surface area contributed by atoms with E-state index in [1.165, 1.54) is 0 Å². The van der Waals surface area contributed by atoms with Crippen molar-refractivity contribution in [3.05, 3.63) is 28.8 Å². The van der Waals surface area contributed by atoms with Gasteiger partial charge in [0.1, 0.15) is 11.9 Å². The van der Waals surface area contributed by atoms with Crippen LogP contribution in [0.25, 0.3) is 0 Å². The molecule has 0 aromatic heterocycles. The second kappa shape index (κ2) is 7.32. The second-order valence-corrected chi connectivity index (χ2v) is 5.67. The van der Waals surface area contributed by atoms with Crippen molar-refractivity contribution < 1.29 is 14.3 Å². The van der Waals surface area contributed by atoms with E-state index in [9.17, 15) is 9.59 Å². The van der Waals surface area contributed by atoms with Crippen LogP contribution < -0.4 is 21.2 Å². The van der Waals surface area contributed by atoms with Crippen LogP contribution in [0.15, 0.2) is 23.3 Å². The standard InChI is InChI=1S/C15H19ClN4O3/c1-3-10(7-13(17)21)23-12-5-4-9(6-11(12)16)14-8(2)18-15(22)20-19-14/h4-6,8,10H,3,7H2,1-2H3,(H2,17,21)(H2,18,20,22). The van der Waals surface area contributed by atoms with Crippen molar-refractivity contribution in [2.75, 3.05) is 0 Å². The van der Waals surface area contributed by atoms with Crippen LogP contribution in [0.1, 0.15) is 32.3 Å². The van der Waals surface area contributed by atoms with Crippen LogP contribution in [0.3, 0.4) is 0 Å². The molecule has 0 spiro atoms. The van der Waals surface area contributed by atoms with Crippen molar-refractivity contribution >= 4 is 29.3 Å². The average Bonchev–Trinajstić information content (AvgIpc) is 2.48. The molecule has 3 amide bonds. The van der Waals surface area contributed by atoms with Gasteiger partial charge >= 0.3 is 6.03 Å². The molecule has 8 heteroatoms. The van der Waals surface area contributed by atoms with E-state index < -0.39 is 5.91 Å². The molecule has 0 saturated carbocycles. The molecule has 0 radical (unpaired) electrons. The Balaban J connectivity index is 2.17.